The van der Waals surface area contributed by atoms with Gasteiger partial charge in [-0.05, 0) is 56.3 Å². The average Bonchev–Trinajstić information content (AvgIpc) is 2.79. The van der Waals surface area contributed by atoms with E-state index in [1.807, 2.05) is 0 Å². The predicted molar refractivity (Wildman–Crippen MR) is 96.7 cm³/mol. The number of benzodiazepines with no additional fused rings is 1. The number of nitrogens with zero attached hydrogens (tertiary/aromatic N) is 2. The molecule has 0 bridgehead atoms. The zero-order valence-corrected chi connectivity index (χ0v) is 14.2. The van der Waals surface area contributed by atoms with E-state index in [0.717, 1.165) is 25.9 Å². The Bertz CT molecular complexity index is 875. The molecule has 1 saturated heterocycles. The highest BCUT2D eigenvalue weighted by molar-refractivity contribution is 6.19. The van der Waals surface area contributed by atoms with Crippen LogP contribution in [0.3, 0.4) is 0 Å². The maximum Gasteiger partial charge on any atom is 0.248 e. The topological polar surface area (TPSA) is 44.7 Å². The van der Waals surface area contributed by atoms with E-state index < -0.39 is 11.6 Å². The summed E-state index contributed by atoms with van der Waals surface area (Å²) in [5.41, 5.74) is 1.66. The minimum Gasteiger partial charge on any atom is -0.317 e. The number of carbonyl (C=O) groups excluding carboxylic acids is 1. The Hall–Kier alpha value is -2.60. The molecule has 0 atom stereocenters. The first-order chi connectivity index (χ1) is 12.6. The summed E-state index contributed by atoms with van der Waals surface area (Å²) in [6, 6.07) is 10.6. The third-order valence-corrected chi connectivity index (χ3v) is 4.92. The first-order valence-corrected chi connectivity index (χ1v) is 8.77. The number of fused-ring (bicyclic) bond motifs is 1. The number of hydrogen-bond donors (Lipinski definition) is 1. The lowest BCUT2D eigenvalue weighted by Crippen LogP contribution is -2.47. The molecule has 0 radical (unpaired) electrons. The van der Waals surface area contributed by atoms with Gasteiger partial charge < -0.3 is 10.2 Å². The number of halogens is 2. The van der Waals surface area contributed by atoms with Crippen LogP contribution in [0, 0.1) is 11.6 Å². The van der Waals surface area contributed by atoms with Crippen LogP contribution in [0.1, 0.15) is 24.0 Å². The number of amides is 1. The van der Waals surface area contributed by atoms with Gasteiger partial charge in [-0.3, -0.25) is 9.79 Å². The second kappa shape index (κ2) is 6.96. The molecule has 1 fully saturated rings. The second-order valence-electron chi connectivity index (χ2n) is 6.55. The van der Waals surface area contributed by atoms with E-state index >= 15 is 0 Å². The van der Waals surface area contributed by atoms with Crippen LogP contribution >= 0.6 is 0 Å². The van der Waals surface area contributed by atoms with Gasteiger partial charge in [0, 0.05) is 17.2 Å². The van der Waals surface area contributed by atoms with Crippen LogP contribution in [-0.2, 0) is 4.79 Å². The van der Waals surface area contributed by atoms with Gasteiger partial charge in [-0.1, -0.05) is 12.1 Å². The van der Waals surface area contributed by atoms with Crippen molar-refractivity contribution in [3.05, 3.63) is 65.2 Å². The monoisotopic (exact) mass is 355 g/mol. The number of piperidine rings is 1. The Balaban J connectivity index is 1.86. The molecular weight excluding hydrogens is 336 g/mol. The molecule has 2 aliphatic heterocycles. The molecule has 0 aromatic heterocycles. The molecule has 0 aliphatic carbocycles. The van der Waals surface area contributed by atoms with Gasteiger partial charge in [0.2, 0.25) is 5.91 Å². The average molecular weight is 355 g/mol. The fraction of sp³-hybridized carbons (Fsp3) is 0.300. The van der Waals surface area contributed by atoms with Crippen molar-refractivity contribution in [3.8, 4) is 0 Å². The highest BCUT2D eigenvalue weighted by Gasteiger charge is 2.32. The van der Waals surface area contributed by atoms with Crippen molar-refractivity contribution in [1.82, 2.24) is 5.32 Å². The molecule has 6 heteroatoms. The summed E-state index contributed by atoms with van der Waals surface area (Å²) >= 11 is 0. The van der Waals surface area contributed by atoms with Crippen LogP contribution in [0.25, 0.3) is 0 Å². The zero-order chi connectivity index (χ0) is 18.1. The molecule has 0 saturated carbocycles. The minimum absolute atomic E-state index is 0.0307. The fourth-order valence-corrected chi connectivity index (χ4v) is 3.70. The van der Waals surface area contributed by atoms with Gasteiger partial charge in [0.25, 0.3) is 0 Å². The number of aliphatic imine (C=N–C) groups is 1. The highest BCUT2D eigenvalue weighted by Crippen LogP contribution is 2.31. The van der Waals surface area contributed by atoms with Crippen LogP contribution in [0.2, 0.25) is 0 Å². The van der Waals surface area contributed by atoms with Gasteiger partial charge >= 0.3 is 0 Å². The molecule has 1 amide bonds. The van der Waals surface area contributed by atoms with E-state index in [2.05, 4.69) is 10.3 Å². The minimum atomic E-state index is -0.441. The van der Waals surface area contributed by atoms with Crippen LogP contribution < -0.4 is 10.2 Å². The van der Waals surface area contributed by atoms with Crippen LogP contribution in [0.4, 0.5) is 14.5 Å². The van der Waals surface area contributed by atoms with Crippen LogP contribution in [0.5, 0.6) is 0 Å². The van der Waals surface area contributed by atoms with E-state index in [9.17, 15) is 13.6 Å². The van der Waals surface area contributed by atoms with Gasteiger partial charge in [-0.15, -0.1) is 0 Å². The molecule has 134 valence electrons. The molecule has 2 heterocycles. The Morgan fingerprint density at radius 1 is 1.04 bits per heavy atom. The predicted octanol–water partition coefficient (Wildman–Crippen LogP) is 2.90. The Morgan fingerprint density at radius 2 is 1.81 bits per heavy atom. The Kier molecular flexibility index (Phi) is 4.51. The number of anilines is 1. The second-order valence-corrected chi connectivity index (χ2v) is 6.55. The van der Waals surface area contributed by atoms with Crippen molar-refractivity contribution in [2.75, 3.05) is 24.5 Å². The molecule has 26 heavy (non-hydrogen) atoms. The number of nitrogens with one attached hydrogen (secondary N) is 1. The van der Waals surface area contributed by atoms with E-state index in [0.29, 0.717) is 17.0 Å². The SMILES string of the molecule is O=C1CN=C(c2ccccc2F)c2cc(F)ccc2N1C1CCNCC1. The third-order valence-electron chi connectivity index (χ3n) is 4.92. The maximum absolute atomic E-state index is 14.4. The first kappa shape index (κ1) is 16.8. The van der Waals surface area contributed by atoms with E-state index in [1.54, 1.807) is 29.2 Å². The van der Waals surface area contributed by atoms with Crippen molar-refractivity contribution in [2.24, 2.45) is 4.99 Å². The molecule has 4 rings (SSSR count). The summed E-state index contributed by atoms with van der Waals surface area (Å²) in [5, 5.41) is 3.28. The van der Waals surface area contributed by atoms with E-state index in [4.69, 9.17) is 0 Å². The van der Waals surface area contributed by atoms with Crippen LogP contribution in [-0.4, -0.2) is 37.3 Å². The molecule has 0 unspecified atom stereocenters. The molecule has 1 N–H and O–H groups in total. The Labute approximate surface area is 150 Å². The summed E-state index contributed by atoms with van der Waals surface area (Å²) in [4.78, 5) is 18.9. The Morgan fingerprint density at radius 3 is 2.58 bits per heavy atom. The standard InChI is InChI=1S/C20H19F2N3O/c21-13-5-6-18-16(11-13)20(15-3-1-2-4-17(15)22)24-12-19(26)25(18)14-7-9-23-10-8-14/h1-6,11,14,23H,7-10,12H2. The van der Waals surface area contributed by atoms with Crippen molar-refractivity contribution in [1.29, 1.82) is 0 Å². The van der Waals surface area contributed by atoms with Gasteiger partial charge in [0.1, 0.15) is 18.2 Å². The van der Waals surface area contributed by atoms with Crippen molar-refractivity contribution in [2.45, 2.75) is 18.9 Å². The van der Waals surface area contributed by atoms with Crippen molar-refractivity contribution >= 4 is 17.3 Å². The molecule has 2 aliphatic rings. The summed E-state index contributed by atoms with van der Waals surface area (Å²) in [5.74, 6) is -1.02. The van der Waals surface area contributed by atoms with Gasteiger partial charge in [0.05, 0.1) is 11.4 Å². The summed E-state index contributed by atoms with van der Waals surface area (Å²) in [6.07, 6.45) is 1.63. The first-order valence-electron chi connectivity index (χ1n) is 8.77. The number of rotatable bonds is 2. The van der Waals surface area contributed by atoms with Gasteiger partial charge in [-0.2, -0.15) is 0 Å². The number of benzene rings is 2. The summed E-state index contributed by atoms with van der Waals surface area (Å²) in [7, 11) is 0. The largest absolute Gasteiger partial charge is 0.317 e. The van der Waals surface area contributed by atoms with Gasteiger partial charge in [-0.25, -0.2) is 8.78 Å². The summed E-state index contributed by atoms with van der Waals surface area (Å²) in [6.45, 7) is 1.57. The maximum atomic E-state index is 14.4. The molecule has 4 nitrogen and oxygen atoms in total. The lowest BCUT2D eigenvalue weighted by Gasteiger charge is -2.34. The molecule has 2 aromatic carbocycles. The van der Waals surface area contributed by atoms with E-state index in [-0.39, 0.29) is 24.1 Å². The molecule has 0 spiro atoms. The van der Waals surface area contributed by atoms with Crippen molar-refractivity contribution in [3.63, 3.8) is 0 Å². The number of carbonyl (C=O) groups is 1. The lowest BCUT2D eigenvalue weighted by atomic mass is 9.97. The lowest BCUT2D eigenvalue weighted by molar-refractivity contribution is -0.117. The van der Waals surface area contributed by atoms with Crippen molar-refractivity contribution < 1.29 is 13.6 Å². The number of hydrogen-bond acceptors (Lipinski definition) is 3. The van der Waals surface area contributed by atoms with Gasteiger partial charge in [0.15, 0.2) is 0 Å². The zero-order valence-electron chi connectivity index (χ0n) is 14.2. The summed E-state index contributed by atoms with van der Waals surface area (Å²) < 4.78 is 28.4. The normalized spacial score (nSPS) is 18.3. The van der Waals surface area contributed by atoms with E-state index in [1.165, 1.54) is 18.2 Å². The third kappa shape index (κ3) is 3.01. The quantitative estimate of drug-likeness (QED) is 0.900. The molecule has 2 aromatic rings. The highest BCUT2D eigenvalue weighted by atomic mass is 19.1. The van der Waals surface area contributed by atoms with Crippen LogP contribution in [0.15, 0.2) is 47.5 Å². The fourth-order valence-electron chi connectivity index (χ4n) is 3.70. The molecular formula is C20H19F2N3O. The smallest absolute Gasteiger partial charge is 0.248 e.